The standard InChI is InChI=1S/C18H15NO7S/c1-25-17-14(20)8-5-11-9-13(18(22)26-16(11)17)15(21)10-3-6-12(7-4-10)19-27(2,23)24/h3-9,19-20H,1-2H3. The van der Waals surface area contributed by atoms with E-state index >= 15 is 0 Å². The maximum atomic E-state index is 12.6. The maximum Gasteiger partial charge on any atom is 0.347 e. The van der Waals surface area contributed by atoms with Gasteiger partial charge in [0.1, 0.15) is 5.56 Å². The first kappa shape index (κ1) is 18.5. The topological polar surface area (TPSA) is 123 Å². The Morgan fingerprint density at radius 1 is 1.15 bits per heavy atom. The number of carbonyl (C=O) groups is 1. The molecule has 0 unspecified atom stereocenters. The first-order valence-electron chi connectivity index (χ1n) is 7.66. The number of ether oxygens (including phenoxy) is 1. The molecule has 0 amide bonds. The third-order valence-electron chi connectivity index (χ3n) is 3.74. The fourth-order valence-corrected chi connectivity index (χ4v) is 3.13. The third-order valence-corrected chi connectivity index (χ3v) is 4.34. The predicted octanol–water partition coefficient (Wildman–Crippen LogP) is 2.11. The van der Waals surface area contributed by atoms with Gasteiger partial charge in [0.15, 0.2) is 17.1 Å². The summed E-state index contributed by atoms with van der Waals surface area (Å²) < 4.78 is 34.9. The molecule has 0 atom stereocenters. The molecule has 140 valence electrons. The third kappa shape index (κ3) is 3.77. The summed E-state index contributed by atoms with van der Waals surface area (Å²) in [7, 11) is -2.12. The Balaban J connectivity index is 2.02. The SMILES string of the molecule is COc1c(O)ccc2cc(C(=O)c3ccc(NS(C)(=O)=O)cc3)c(=O)oc12. The van der Waals surface area contributed by atoms with Crippen LogP contribution in [0.3, 0.4) is 0 Å². The highest BCUT2D eigenvalue weighted by Crippen LogP contribution is 2.34. The van der Waals surface area contributed by atoms with Crippen molar-refractivity contribution < 1.29 is 27.5 Å². The molecule has 0 aliphatic carbocycles. The highest BCUT2D eigenvalue weighted by molar-refractivity contribution is 7.92. The molecule has 1 aromatic heterocycles. The number of rotatable bonds is 5. The molecule has 8 nitrogen and oxygen atoms in total. The molecular formula is C18H15NO7S. The number of hydrogen-bond donors (Lipinski definition) is 2. The summed E-state index contributed by atoms with van der Waals surface area (Å²) in [5.41, 5.74) is -0.563. The van der Waals surface area contributed by atoms with Crippen LogP contribution in [0.2, 0.25) is 0 Å². The number of anilines is 1. The average molecular weight is 389 g/mol. The predicted molar refractivity (Wildman–Crippen MR) is 99.0 cm³/mol. The minimum Gasteiger partial charge on any atom is -0.504 e. The van der Waals surface area contributed by atoms with E-state index in [0.29, 0.717) is 11.1 Å². The lowest BCUT2D eigenvalue weighted by Crippen LogP contribution is -2.15. The number of methoxy groups -OCH3 is 1. The van der Waals surface area contributed by atoms with Crippen molar-refractivity contribution >= 4 is 32.5 Å². The van der Waals surface area contributed by atoms with Gasteiger partial charge in [0.25, 0.3) is 0 Å². The largest absolute Gasteiger partial charge is 0.504 e. The number of nitrogens with one attached hydrogen (secondary N) is 1. The number of carbonyl (C=O) groups excluding carboxylic acids is 1. The molecule has 9 heteroatoms. The summed E-state index contributed by atoms with van der Waals surface area (Å²) in [5, 5.41) is 10.2. The van der Waals surface area contributed by atoms with Crippen LogP contribution in [0.15, 0.2) is 51.7 Å². The van der Waals surface area contributed by atoms with Gasteiger partial charge in [-0.1, -0.05) is 0 Å². The molecule has 2 N–H and O–H groups in total. The Bertz CT molecular complexity index is 1190. The number of ketones is 1. The number of fused-ring (bicyclic) bond motifs is 1. The lowest BCUT2D eigenvalue weighted by molar-refractivity contribution is 0.103. The molecule has 0 fully saturated rings. The molecule has 0 spiro atoms. The van der Waals surface area contributed by atoms with Crippen LogP contribution in [-0.2, 0) is 10.0 Å². The normalized spacial score (nSPS) is 11.3. The van der Waals surface area contributed by atoms with Crippen molar-refractivity contribution in [1.29, 1.82) is 0 Å². The van der Waals surface area contributed by atoms with Gasteiger partial charge >= 0.3 is 5.63 Å². The minimum atomic E-state index is -3.44. The Morgan fingerprint density at radius 2 is 1.81 bits per heavy atom. The fourth-order valence-electron chi connectivity index (χ4n) is 2.56. The molecule has 0 saturated carbocycles. The fraction of sp³-hybridized carbons (Fsp3) is 0.111. The van der Waals surface area contributed by atoms with Gasteiger partial charge in [-0.3, -0.25) is 9.52 Å². The van der Waals surface area contributed by atoms with E-state index in [-0.39, 0.29) is 28.2 Å². The van der Waals surface area contributed by atoms with Crippen molar-refractivity contribution in [1.82, 2.24) is 0 Å². The zero-order valence-electron chi connectivity index (χ0n) is 14.3. The number of sulfonamides is 1. The molecular weight excluding hydrogens is 374 g/mol. The summed E-state index contributed by atoms with van der Waals surface area (Å²) in [4.78, 5) is 24.9. The first-order chi connectivity index (χ1) is 12.7. The number of hydrogen-bond acceptors (Lipinski definition) is 7. The van der Waals surface area contributed by atoms with Crippen molar-refractivity contribution in [3.05, 3.63) is 64.0 Å². The van der Waals surface area contributed by atoms with Crippen molar-refractivity contribution in [2.75, 3.05) is 18.1 Å². The second-order valence-corrected chi connectivity index (χ2v) is 7.51. The Hall–Kier alpha value is -3.33. The minimum absolute atomic E-state index is 0.000184. The van der Waals surface area contributed by atoms with E-state index in [1.165, 1.54) is 49.6 Å². The van der Waals surface area contributed by atoms with E-state index in [1.54, 1.807) is 0 Å². The molecule has 0 bridgehead atoms. The van der Waals surface area contributed by atoms with Gasteiger partial charge < -0.3 is 14.3 Å². The van der Waals surface area contributed by atoms with Gasteiger partial charge in [-0.15, -0.1) is 0 Å². The van der Waals surface area contributed by atoms with Crippen LogP contribution in [0.1, 0.15) is 15.9 Å². The van der Waals surface area contributed by atoms with E-state index in [2.05, 4.69) is 4.72 Å². The molecule has 1 heterocycles. The summed E-state index contributed by atoms with van der Waals surface area (Å²) in [6.07, 6.45) is 1.01. The van der Waals surface area contributed by atoms with E-state index < -0.39 is 21.4 Å². The van der Waals surface area contributed by atoms with Crippen LogP contribution >= 0.6 is 0 Å². The van der Waals surface area contributed by atoms with Crippen LogP contribution in [0.4, 0.5) is 5.69 Å². The number of phenolic OH excluding ortho intramolecular Hbond substituents is 1. The lowest BCUT2D eigenvalue weighted by Gasteiger charge is -2.08. The average Bonchev–Trinajstić information content (AvgIpc) is 2.60. The van der Waals surface area contributed by atoms with Gasteiger partial charge in [0.05, 0.1) is 13.4 Å². The summed E-state index contributed by atoms with van der Waals surface area (Å²) in [5.74, 6) is -0.774. The number of phenols is 1. The van der Waals surface area contributed by atoms with E-state index in [0.717, 1.165) is 6.26 Å². The zero-order valence-corrected chi connectivity index (χ0v) is 15.2. The molecule has 3 rings (SSSR count). The van der Waals surface area contributed by atoms with Crippen LogP contribution in [0, 0.1) is 0 Å². The van der Waals surface area contributed by atoms with Crippen LogP contribution in [-0.4, -0.2) is 32.7 Å². The van der Waals surface area contributed by atoms with Crippen molar-refractivity contribution in [2.24, 2.45) is 0 Å². The van der Waals surface area contributed by atoms with Gasteiger partial charge in [0.2, 0.25) is 15.8 Å². The smallest absolute Gasteiger partial charge is 0.347 e. The maximum absolute atomic E-state index is 12.6. The van der Waals surface area contributed by atoms with E-state index in [4.69, 9.17) is 9.15 Å². The van der Waals surface area contributed by atoms with Crippen molar-refractivity contribution in [3.63, 3.8) is 0 Å². The molecule has 0 aliphatic rings. The molecule has 3 aromatic rings. The molecule has 0 radical (unpaired) electrons. The summed E-state index contributed by atoms with van der Waals surface area (Å²) in [6, 6.07) is 9.84. The Labute approximate surface area is 154 Å². The van der Waals surface area contributed by atoms with Crippen LogP contribution in [0.25, 0.3) is 11.0 Å². The van der Waals surface area contributed by atoms with Gasteiger partial charge in [-0.25, -0.2) is 13.2 Å². The van der Waals surface area contributed by atoms with Gasteiger partial charge in [-0.05, 0) is 42.5 Å². The summed E-state index contributed by atoms with van der Waals surface area (Å²) >= 11 is 0. The molecule has 2 aromatic carbocycles. The Morgan fingerprint density at radius 3 is 2.41 bits per heavy atom. The van der Waals surface area contributed by atoms with E-state index in [9.17, 15) is 23.1 Å². The van der Waals surface area contributed by atoms with Gasteiger partial charge in [0, 0.05) is 16.6 Å². The van der Waals surface area contributed by atoms with Gasteiger partial charge in [-0.2, -0.15) is 0 Å². The van der Waals surface area contributed by atoms with Crippen LogP contribution in [0.5, 0.6) is 11.5 Å². The highest BCUT2D eigenvalue weighted by atomic mass is 32.2. The highest BCUT2D eigenvalue weighted by Gasteiger charge is 2.19. The number of benzene rings is 2. The lowest BCUT2D eigenvalue weighted by atomic mass is 10.0. The zero-order chi connectivity index (χ0) is 19.8. The van der Waals surface area contributed by atoms with Crippen LogP contribution < -0.4 is 15.1 Å². The van der Waals surface area contributed by atoms with Crippen molar-refractivity contribution in [2.45, 2.75) is 0 Å². The second kappa shape index (κ2) is 6.76. The first-order valence-corrected chi connectivity index (χ1v) is 9.55. The molecule has 0 aliphatic heterocycles. The molecule has 27 heavy (non-hydrogen) atoms. The van der Waals surface area contributed by atoms with E-state index in [1.807, 2.05) is 0 Å². The van der Waals surface area contributed by atoms with Crippen molar-refractivity contribution in [3.8, 4) is 11.5 Å². The monoisotopic (exact) mass is 389 g/mol. The number of aromatic hydroxyl groups is 1. The molecule has 0 saturated heterocycles. The Kier molecular flexibility index (Phi) is 4.63. The quantitative estimate of drug-likeness (QED) is 0.506. The second-order valence-electron chi connectivity index (χ2n) is 5.76. The summed E-state index contributed by atoms with van der Waals surface area (Å²) in [6.45, 7) is 0.